The zero-order valence-corrected chi connectivity index (χ0v) is 11.6. The van der Waals surface area contributed by atoms with Crippen molar-refractivity contribution in [2.75, 3.05) is 18.9 Å². The topological polar surface area (TPSA) is 64.3 Å². The molecule has 0 saturated heterocycles. The third-order valence-corrected chi connectivity index (χ3v) is 2.59. The van der Waals surface area contributed by atoms with Gasteiger partial charge in [-0.05, 0) is 37.1 Å². The number of benzene rings is 1. The molecule has 0 aliphatic carbocycles. The van der Waals surface area contributed by atoms with Gasteiger partial charge in [-0.3, -0.25) is 4.79 Å². The van der Waals surface area contributed by atoms with E-state index in [0.29, 0.717) is 24.6 Å². The van der Waals surface area contributed by atoms with Crippen LogP contribution in [0.3, 0.4) is 0 Å². The van der Waals surface area contributed by atoms with E-state index in [-0.39, 0.29) is 5.91 Å². The van der Waals surface area contributed by atoms with E-state index in [1.807, 2.05) is 19.1 Å². The lowest BCUT2D eigenvalue weighted by Crippen LogP contribution is -2.21. The largest absolute Gasteiger partial charge is 0.492 e. The number of hydrogen-bond donors (Lipinski definition) is 2. The number of nitrogen functional groups attached to an aromatic ring is 1. The van der Waals surface area contributed by atoms with E-state index in [2.05, 4.69) is 12.2 Å². The smallest absolute Gasteiger partial charge is 0.243 e. The summed E-state index contributed by atoms with van der Waals surface area (Å²) in [4.78, 5) is 11.5. The molecule has 1 amide bonds. The third-order valence-electron chi connectivity index (χ3n) is 2.59. The van der Waals surface area contributed by atoms with E-state index >= 15 is 0 Å². The fourth-order valence-corrected chi connectivity index (χ4v) is 1.58. The minimum atomic E-state index is -0.0825. The molecular weight excluding hydrogens is 240 g/mol. The van der Waals surface area contributed by atoms with Crippen LogP contribution < -0.4 is 15.8 Å². The van der Waals surface area contributed by atoms with Crippen molar-refractivity contribution in [3.63, 3.8) is 0 Å². The molecular formula is C15H22N2O2. The second-order valence-electron chi connectivity index (χ2n) is 4.21. The molecule has 0 heterocycles. The predicted molar refractivity (Wildman–Crippen MR) is 79.0 cm³/mol. The van der Waals surface area contributed by atoms with E-state index < -0.39 is 0 Å². The Hall–Kier alpha value is -1.97. The molecule has 3 N–H and O–H groups in total. The summed E-state index contributed by atoms with van der Waals surface area (Å²) in [6.45, 7) is 5.29. The van der Waals surface area contributed by atoms with Gasteiger partial charge in [0.05, 0.1) is 12.3 Å². The SMILES string of the molecule is CCCCNC(=O)/C=C\c1ccc(OCC)c(N)c1. The zero-order valence-electron chi connectivity index (χ0n) is 11.6. The predicted octanol–water partition coefficient (Wildman–Crippen LogP) is 2.60. The number of ether oxygens (including phenoxy) is 1. The number of nitrogens with two attached hydrogens (primary N) is 1. The molecule has 1 aromatic rings. The van der Waals surface area contributed by atoms with Crippen molar-refractivity contribution in [3.8, 4) is 5.75 Å². The number of hydrogen-bond acceptors (Lipinski definition) is 3. The van der Waals surface area contributed by atoms with Gasteiger partial charge in [0.1, 0.15) is 5.75 Å². The molecule has 0 radical (unpaired) electrons. The molecule has 4 nitrogen and oxygen atoms in total. The summed E-state index contributed by atoms with van der Waals surface area (Å²) in [5, 5.41) is 2.82. The van der Waals surface area contributed by atoms with Gasteiger partial charge in [-0.25, -0.2) is 0 Å². The Labute approximate surface area is 114 Å². The molecule has 1 aromatic carbocycles. The Morgan fingerprint density at radius 1 is 1.42 bits per heavy atom. The van der Waals surface area contributed by atoms with E-state index in [4.69, 9.17) is 10.5 Å². The highest BCUT2D eigenvalue weighted by Gasteiger charge is 2.00. The minimum Gasteiger partial charge on any atom is -0.492 e. The van der Waals surface area contributed by atoms with Crippen molar-refractivity contribution in [2.24, 2.45) is 0 Å². The standard InChI is InChI=1S/C15H22N2O2/c1-3-5-10-17-15(18)9-7-12-6-8-14(19-4-2)13(16)11-12/h6-9,11H,3-5,10,16H2,1-2H3,(H,17,18)/b9-7-. The third kappa shape index (κ3) is 5.46. The van der Waals surface area contributed by atoms with E-state index in [0.717, 1.165) is 18.4 Å². The molecule has 4 heteroatoms. The summed E-state index contributed by atoms with van der Waals surface area (Å²) in [5.74, 6) is 0.591. The second-order valence-corrected chi connectivity index (χ2v) is 4.21. The van der Waals surface area contributed by atoms with Gasteiger partial charge in [0.2, 0.25) is 5.91 Å². The van der Waals surface area contributed by atoms with Crippen molar-refractivity contribution in [2.45, 2.75) is 26.7 Å². The Morgan fingerprint density at radius 3 is 2.84 bits per heavy atom. The number of anilines is 1. The lowest BCUT2D eigenvalue weighted by Gasteiger charge is -2.06. The lowest BCUT2D eigenvalue weighted by atomic mass is 10.1. The molecule has 0 spiro atoms. The molecule has 19 heavy (non-hydrogen) atoms. The summed E-state index contributed by atoms with van der Waals surface area (Å²) in [6, 6.07) is 5.48. The van der Waals surface area contributed by atoms with Crippen LogP contribution in [-0.4, -0.2) is 19.1 Å². The summed E-state index contributed by atoms with van der Waals surface area (Å²) in [6.07, 6.45) is 5.33. The average Bonchev–Trinajstić information content (AvgIpc) is 2.40. The highest BCUT2D eigenvalue weighted by molar-refractivity contribution is 5.91. The van der Waals surface area contributed by atoms with Crippen LogP contribution in [0, 0.1) is 0 Å². The van der Waals surface area contributed by atoms with Crippen LogP contribution in [0.25, 0.3) is 6.08 Å². The van der Waals surface area contributed by atoms with E-state index in [1.54, 1.807) is 12.1 Å². The molecule has 1 rings (SSSR count). The zero-order chi connectivity index (χ0) is 14.1. The van der Waals surface area contributed by atoms with Crippen LogP contribution in [0.4, 0.5) is 5.69 Å². The van der Waals surface area contributed by atoms with Crippen molar-refractivity contribution < 1.29 is 9.53 Å². The van der Waals surface area contributed by atoms with Gasteiger partial charge < -0.3 is 15.8 Å². The maximum absolute atomic E-state index is 11.5. The second kappa shape index (κ2) is 8.19. The monoisotopic (exact) mass is 262 g/mol. The van der Waals surface area contributed by atoms with Crippen LogP contribution >= 0.6 is 0 Å². The van der Waals surface area contributed by atoms with Crippen molar-refractivity contribution in [1.29, 1.82) is 0 Å². The molecule has 0 atom stereocenters. The van der Waals surface area contributed by atoms with Gasteiger partial charge >= 0.3 is 0 Å². The van der Waals surface area contributed by atoms with Crippen LogP contribution in [0.2, 0.25) is 0 Å². The molecule has 104 valence electrons. The van der Waals surface area contributed by atoms with Gasteiger partial charge in [0.15, 0.2) is 0 Å². The fourth-order valence-electron chi connectivity index (χ4n) is 1.58. The highest BCUT2D eigenvalue weighted by atomic mass is 16.5. The first kappa shape index (κ1) is 15.1. The van der Waals surface area contributed by atoms with Gasteiger partial charge in [-0.15, -0.1) is 0 Å². The number of unbranched alkanes of at least 4 members (excludes halogenated alkanes) is 1. The van der Waals surface area contributed by atoms with Gasteiger partial charge in [-0.2, -0.15) is 0 Å². The first-order valence-electron chi connectivity index (χ1n) is 6.65. The Bertz CT molecular complexity index is 442. The quantitative estimate of drug-likeness (QED) is 0.451. The van der Waals surface area contributed by atoms with Gasteiger partial charge in [0, 0.05) is 12.6 Å². The average molecular weight is 262 g/mol. The minimum absolute atomic E-state index is 0.0825. The molecule has 0 aliphatic heterocycles. The van der Waals surface area contributed by atoms with Crippen LogP contribution in [0.1, 0.15) is 32.3 Å². The van der Waals surface area contributed by atoms with Crippen LogP contribution in [-0.2, 0) is 4.79 Å². The molecule has 0 bridgehead atoms. The summed E-state index contributed by atoms with van der Waals surface area (Å²) in [7, 11) is 0. The maximum atomic E-state index is 11.5. The Morgan fingerprint density at radius 2 is 2.21 bits per heavy atom. The number of amides is 1. The molecule has 0 aromatic heterocycles. The molecule has 0 aliphatic rings. The van der Waals surface area contributed by atoms with Gasteiger partial charge in [-0.1, -0.05) is 19.4 Å². The summed E-state index contributed by atoms with van der Waals surface area (Å²) in [5.41, 5.74) is 7.31. The van der Waals surface area contributed by atoms with Crippen molar-refractivity contribution in [1.82, 2.24) is 5.32 Å². The van der Waals surface area contributed by atoms with Crippen LogP contribution in [0.15, 0.2) is 24.3 Å². The Kier molecular flexibility index (Phi) is 6.50. The first-order chi connectivity index (χ1) is 9.17. The normalized spacial score (nSPS) is 10.6. The van der Waals surface area contributed by atoms with Crippen LogP contribution in [0.5, 0.6) is 5.75 Å². The summed E-state index contributed by atoms with van der Waals surface area (Å²) < 4.78 is 5.35. The lowest BCUT2D eigenvalue weighted by molar-refractivity contribution is -0.116. The van der Waals surface area contributed by atoms with Crippen molar-refractivity contribution in [3.05, 3.63) is 29.8 Å². The van der Waals surface area contributed by atoms with Gasteiger partial charge in [0.25, 0.3) is 0 Å². The number of carbonyl (C=O) groups is 1. The summed E-state index contributed by atoms with van der Waals surface area (Å²) >= 11 is 0. The number of carbonyl (C=O) groups excluding carboxylic acids is 1. The van der Waals surface area contributed by atoms with E-state index in [1.165, 1.54) is 6.08 Å². The molecule has 0 saturated carbocycles. The number of nitrogens with one attached hydrogen (secondary N) is 1. The first-order valence-corrected chi connectivity index (χ1v) is 6.65. The highest BCUT2D eigenvalue weighted by Crippen LogP contribution is 2.22. The molecule has 0 unspecified atom stereocenters. The van der Waals surface area contributed by atoms with E-state index in [9.17, 15) is 4.79 Å². The Balaban J connectivity index is 2.57. The maximum Gasteiger partial charge on any atom is 0.243 e. The molecule has 0 fully saturated rings. The number of rotatable bonds is 7. The van der Waals surface area contributed by atoms with Crippen molar-refractivity contribution >= 4 is 17.7 Å². The fraction of sp³-hybridized carbons (Fsp3) is 0.400.